The number of rotatable bonds is 5. The third kappa shape index (κ3) is 3.38. The van der Waals surface area contributed by atoms with Crippen LogP contribution < -0.4 is 4.74 Å². The van der Waals surface area contributed by atoms with Crippen LogP contribution in [0.25, 0.3) is 11.6 Å². The molecule has 0 aliphatic carbocycles. The minimum absolute atomic E-state index is 0.424. The predicted octanol–water partition coefficient (Wildman–Crippen LogP) is 3.63. The zero-order valence-electron chi connectivity index (χ0n) is 13.6. The summed E-state index contributed by atoms with van der Waals surface area (Å²) in [5.41, 5.74) is 1.35. The second-order valence-electron chi connectivity index (χ2n) is 5.71. The molecular weight excluding hydrogens is 300 g/mol. The average Bonchev–Trinajstić information content (AvgIpc) is 2.86. The molecule has 0 fully saturated rings. The summed E-state index contributed by atoms with van der Waals surface area (Å²) in [7, 11) is 0. The van der Waals surface area contributed by atoms with Crippen molar-refractivity contribution in [1.82, 2.24) is 14.8 Å². The highest BCUT2D eigenvalue weighted by Gasteiger charge is 2.18. The maximum Gasteiger partial charge on any atom is 0.174 e. The SMILES string of the molecule is C=CCOc1ccccc1C=C(C#N)c1nnc2n1CCCCC2. The van der Waals surface area contributed by atoms with Gasteiger partial charge >= 0.3 is 0 Å². The summed E-state index contributed by atoms with van der Waals surface area (Å²) in [4.78, 5) is 0. The summed E-state index contributed by atoms with van der Waals surface area (Å²) in [5.74, 6) is 2.34. The van der Waals surface area contributed by atoms with E-state index in [0.29, 0.717) is 18.0 Å². The molecule has 24 heavy (non-hydrogen) atoms. The lowest BCUT2D eigenvalue weighted by molar-refractivity contribution is 0.362. The summed E-state index contributed by atoms with van der Waals surface area (Å²) in [5, 5.41) is 18.2. The van der Waals surface area contributed by atoms with Gasteiger partial charge in [-0.15, -0.1) is 10.2 Å². The Bertz CT molecular complexity index is 798. The lowest BCUT2D eigenvalue weighted by atomic mass is 10.1. The molecule has 0 atom stereocenters. The van der Waals surface area contributed by atoms with E-state index in [-0.39, 0.29) is 0 Å². The number of hydrogen-bond acceptors (Lipinski definition) is 4. The maximum atomic E-state index is 9.64. The fourth-order valence-corrected chi connectivity index (χ4v) is 2.87. The Morgan fingerprint density at radius 1 is 1.29 bits per heavy atom. The topological polar surface area (TPSA) is 63.7 Å². The number of aromatic nitrogens is 3. The van der Waals surface area contributed by atoms with Crippen LogP contribution in [0.1, 0.15) is 36.5 Å². The molecule has 2 heterocycles. The Hall–Kier alpha value is -2.87. The number of benzene rings is 1. The van der Waals surface area contributed by atoms with Crippen molar-refractivity contribution < 1.29 is 4.74 Å². The fraction of sp³-hybridized carbons (Fsp3) is 0.316. The normalized spacial score (nSPS) is 14.4. The van der Waals surface area contributed by atoms with Gasteiger partial charge in [0.2, 0.25) is 0 Å². The highest BCUT2D eigenvalue weighted by molar-refractivity contribution is 5.88. The fourth-order valence-electron chi connectivity index (χ4n) is 2.87. The van der Waals surface area contributed by atoms with Crippen LogP contribution in [0.2, 0.25) is 0 Å². The second kappa shape index (κ2) is 7.60. The third-order valence-electron chi connectivity index (χ3n) is 4.05. The van der Waals surface area contributed by atoms with Crippen molar-refractivity contribution in [3.8, 4) is 11.8 Å². The molecule has 0 saturated heterocycles. The monoisotopic (exact) mass is 320 g/mol. The molecule has 1 aromatic heterocycles. The smallest absolute Gasteiger partial charge is 0.174 e. The molecule has 122 valence electrons. The van der Waals surface area contributed by atoms with E-state index in [9.17, 15) is 5.26 Å². The standard InChI is InChI=1S/C19H20N4O/c1-2-12-24-17-9-6-5-8-15(17)13-16(14-20)19-22-21-18-10-4-3-7-11-23(18)19/h2,5-6,8-9,13H,1,3-4,7,10-12H2. The Morgan fingerprint density at radius 3 is 3.00 bits per heavy atom. The summed E-state index contributed by atoms with van der Waals surface area (Å²) in [6.45, 7) is 4.96. The van der Waals surface area contributed by atoms with E-state index in [2.05, 4.69) is 27.4 Å². The molecule has 0 amide bonds. The van der Waals surface area contributed by atoms with Crippen molar-refractivity contribution >= 4 is 11.6 Å². The number of aryl methyl sites for hydroxylation is 1. The zero-order chi connectivity index (χ0) is 16.8. The molecule has 0 bridgehead atoms. The predicted molar refractivity (Wildman–Crippen MR) is 93.2 cm³/mol. The highest BCUT2D eigenvalue weighted by atomic mass is 16.5. The van der Waals surface area contributed by atoms with E-state index >= 15 is 0 Å². The summed E-state index contributed by atoms with van der Waals surface area (Å²) in [6, 6.07) is 9.91. The first-order chi connectivity index (χ1) is 11.8. The zero-order valence-corrected chi connectivity index (χ0v) is 13.6. The molecule has 5 nitrogen and oxygen atoms in total. The van der Waals surface area contributed by atoms with Gasteiger partial charge in [-0.3, -0.25) is 0 Å². The summed E-state index contributed by atoms with van der Waals surface area (Å²) in [6.07, 6.45) is 7.85. The number of nitriles is 1. The minimum atomic E-state index is 0.424. The maximum absolute atomic E-state index is 9.64. The first-order valence-corrected chi connectivity index (χ1v) is 8.20. The van der Waals surface area contributed by atoms with E-state index < -0.39 is 0 Å². The molecular formula is C19H20N4O. The molecule has 0 radical (unpaired) electrons. The molecule has 0 N–H and O–H groups in total. The van der Waals surface area contributed by atoms with Crippen molar-refractivity contribution in [3.05, 3.63) is 54.1 Å². The lowest BCUT2D eigenvalue weighted by Crippen LogP contribution is -2.05. The van der Waals surface area contributed by atoms with Gasteiger partial charge in [0.25, 0.3) is 0 Å². The van der Waals surface area contributed by atoms with Crippen LogP contribution in [-0.2, 0) is 13.0 Å². The van der Waals surface area contributed by atoms with Gasteiger partial charge in [-0.1, -0.05) is 37.3 Å². The Balaban J connectivity index is 1.98. The van der Waals surface area contributed by atoms with Crippen LogP contribution in [-0.4, -0.2) is 21.4 Å². The van der Waals surface area contributed by atoms with Crippen LogP contribution in [0.15, 0.2) is 36.9 Å². The van der Waals surface area contributed by atoms with E-state index in [4.69, 9.17) is 4.74 Å². The van der Waals surface area contributed by atoms with Crippen LogP contribution in [0.3, 0.4) is 0 Å². The first-order valence-electron chi connectivity index (χ1n) is 8.20. The van der Waals surface area contributed by atoms with Gasteiger partial charge in [0.15, 0.2) is 5.82 Å². The first kappa shape index (κ1) is 16.0. The molecule has 3 rings (SSSR count). The van der Waals surface area contributed by atoms with E-state index in [1.807, 2.05) is 30.3 Å². The number of hydrogen-bond donors (Lipinski definition) is 0. The number of fused-ring (bicyclic) bond motifs is 1. The third-order valence-corrected chi connectivity index (χ3v) is 4.05. The number of nitrogens with zero attached hydrogens (tertiary/aromatic N) is 4. The number of allylic oxidation sites excluding steroid dienone is 1. The van der Waals surface area contributed by atoms with Gasteiger partial charge in [0.05, 0.1) is 5.57 Å². The number of ether oxygens (including phenoxy) is 1. The molecule has 1 aromatic carbocycles. The van der Waals surface area contributed by atoms with Gasteiger partial charge in [-0.05, 0) is 25.0 Å². The Kier molecular flexibility index (Phi) is 5.07. The van der Waals surface area contributed by atoms with Gasteiger partial charge in [0, 0.05) is 18.5 Å². The van der Waals surface area contributed by atoms with Gasteiger partial charge < -0.3 is 9.30 Å². The van der Waals surface area contributed by atoms with Gasteiger partial charge in [-0.25, -0.2) is 0 Å². The molecule has 0 saturated carbocycles. The van der Waals surface area contributed by atoms with Crippen molar-refractivity contribution in [3.63, 3.8) is 0 Å². The van der Waals surface area contributed by atoms with E-state index in [0.717, 1.165) is 42.9 Å². The van der Waals surface area contributed by atoms with Crippen LogP contribution in [0, 0.1) is 11.3 Å². The molecule has 1 aliphatic rings. The summed E-state index contributed by atoms with van der Waals surface area (Å²) >= 11 is 0. The highest BCUT2D eigenvalue weighted by Crippen LogP contribution is 2.25. The van der Waals surface area contributed by atoms with Crippen molar-refractivity contribution in [2.24, 2.45) is 0 Å². The molecule has 2 aromatic rings. The van der Waals surface area contributed by atoms with Crippen LogP contribution >= 0.6 is 0 Å². The average molecular weight is 320 g/mol. The Labute approximate surface area is 141 Å². The van der Waals surface area contributed by atoms with Crippen molar-refractivity contribution in [2.75, 3.05) is 6.61 Å². The van der Waals surface area contributed by atoms with Crippen molar-refractivity contribution in [2.45, 2.75) is 32.2 Å². The Morgan fingerprint density at radius 2 is 2.17 bits per heavy atom. The minimum Gasteiger partial charge on any atom is -0.489 e. The van der Waals surface area contributed by atoms with Gasteiger partial charge in [0.1, 0.15) is 24.3 Å². The van der Waals surface area contributed by atoms with Crippen LogP contribution in [0.4, 0.5) is 0 Å². The number of para-hydroxylation sites is 1. The molecule has 5 heteroatoms. The van der Waals surface area contributed by atoms with Crippen molar-refractivity contribution in [1.29, 1.82) is 5.26 Å². The van der Waals surface area contributed by atoms with E-state index in [1.165, 1.54) is 6.42 Å². The molecule has 0 unspecified atom stereocenters. The summed E-state index contributed by atoms with van der Waals surface area (Å²) < 4.78 is 7.75. The lowest BCUT2D eigenvalue weighted by Gasteiger charge is -2.08. The molecule has 1 aliphatic heterocycles. The quantitative estimate of drug-likeness (QED) is 0.623. The largest absolute Gasteiger partial charge is 0.489 e. The van der Waals surface area contributed by atoms with Crippen LogP contribution in [0.5, 0.6) is 5.75 Å². The second-order valence-corrected chi connectivity index (χ2v) is 5.71. The van der Waals surface area contributed by atoms with E-state index in [1.54, 1.807) is 6.08 Å². The molecule has 0 spiro atoms. The van der Waals surface area contributed by atoms with Gasteiger partial charge in [-0.2, -0.15) is 5.26 Å².